The molecule has 1 atom stereocenters. The van der Waals surface area contributed by atoms with Crippen molar-refractivity contribution in [2.24, 2.45) is 0 Å². The lowest BCUT2D eigenvalue weighted by Crippen LogP contribution is -2.14. The highest BCUT2D eigenvalue weighted by Gasteiger charge is 2.40. The Kier molecular flexibility index (Phi) is 5.43. The van der Waals surface area contributed by atoms with Gasteiger partial charge in [-0.25, -0.2) is 4.21 Å². The van der Waals surface area contributed by atoms with Gasteiger partial charge in [-0.2, -0.15) is 17.6 Å². The van der Waals surface area contributed by atoms with Gasteiger partial charge >= 0.3 is 6.18 Å². The molecular formula is C17H14F4O2S. The van der Waals surface area contributed by atoms with Gasteiger partial charge in [0.05, 0.1) is 7.11 Å². The minimum absolute atomic E-state index is 0.0391. The smallest absolute Gasteiger partial charge is 0.420 e. The number of rotatable bonds is 4. The van der Waals surface area contributed by atoms with Crippen molar-refractivity contribution in [3.05, 3.63) is 64.8 Å². The highest BCUT2D eigenvalue weighted by molar-refractivity contribution is 7.89. The first-order valence-corrected chi connectivity index (χ1v) is 7.99. The fourth-order valence-electron chi connectivity index (χ4n) is 2.03. The average molecular weight is 358 g/mol. The van der Waals surface area contributed by atoms with Gasteiger partial charge in [-0.15, -0.1) is 0 Å². The lowest BCUT2D eigenvalue weighted by Gasteiger charge is -2.14. The molecule has 0 aliphatic carbocycles. The van der Waals surface area contributed by atoms with E-state index in [0.29, 0.717) is 0 Å². The highest BCUT2D eigenvalue weighted by atomic mass is 32.2. The molecule has 0 aromatic heterocycles. The van der Waals surface area contributed by atoms with E-state index in [1.54, 1.807) is 19.1 Å². The second-order valence-corrected chi connectivity index (χ2v) is 6.33. The summed E-state index contributed by atoms with van der Waals surface area (Å²) in [6, 6.07) is 10.7. The van der Waals surface area contributed by atoms with Gasteiger partial charge < -0.3 is 4.74 Å². The molecule has 0 aliphatic rings. The molecule has 0 amide bonds. The summed E-state index contributed by atoms with van der Waals surface area (Å²) in [4.78, 5) is -0.0391. The zero-order chi connectivity index (χ0) is 17.9. The van der Waals surface area contributed by atoms with Crippen LogP contribution in [0.4, 0.5) is 17.6 Å². The lowest BCUT2D eigenvalue weighted by molar-refractivity contribution is -0.0697. The number of hydrogen-bond donors (Lipinski definition) is 0. The van der Waals surface area contributed by atoms with Gasteiger partial charge in [0, 0.05) is 4.90 Å². The molecule has 1 unspecified atom stereocenters. The van der Waals surface area contributed by atoms with Crippen LogP contribution in [0.2, 0.25) is 0 Å². The zero-order valence-corrected chi connectivity index (χ0v) is 13.7. The monoisotopic (exact) mass is 358 g/mol. The van der Waals surface area contributed by atoms with Gasteiger partial charge in [0.1, 0.15) is 22.1 Å². The van der Waals surface area contributed by atoms with Gasteiger partial charge in [0.2, 0.25) is 5.16 Å². The fourth-order valence-corrected chi connectivity index (χ4v) is 3.03. The Labute approximate surface area is 139 Å². The summed E-state index contributed by atoms with van der Waals surface area (Å²) in [5.41, 5.74) is -1.19. The Morgan fingerprint density at radius 2 is 1.71 bits per heavy atom. The Morgan fingerprint density at radius 1 is 1.08 bits per heavy atom. The number of methoxy groups -OCH3 is 1. The van der Waals surface area contributed by atoms with Crippen molar-refractivity contribution in [3.8, 4) is 5.75 Å². The topological polar surface area (TPSA) is 26.3 Å². The van der Waals surface area contributed by atoms with E-state index in [1.807, 2.05) is 0 Å². The second-order valence-electron chi connectivity index (χ2n) is 4.96. The van der Waals surface area contributed by atoms with E-state index in [1.165, 1.54) is 31.4 Å². The third-order valence-electron chi connectivity index (χ3n) is 3.24. The van der Waals surface area contributed by atoms with Crippen LogP contribution in [0.3, 0.4) is 0 Å². The number of hydrogen-bond acceptors (Lipinski definition) is 2. The maximum atomic E-state index is 14.5. The largest absolute Gasteiger partial charge is 0.497 e. The summed E-state index contributed by atoms with van der Waals surface area (Å²) in [6.45, 7) is 1.76. The predicted octanol–water partition coefficient (Wildman–Crippen LogP) is 5.01. The van der Waals surface area contributed by atoms with Crippen LogP contribution in [0.5, 0.6) is 5.75 Å². The SMILES string of the molecule is COc1cccc(/C(=C(/F)S(=O)c2ccc(C)cc2)C(F)(F)F)c1. The molecule has 0 saturated heterocycles. The molecule has 0 radical (unpaired) electrons. The van der Waals surface area contributed by atoms with Crippen LogP contribution in [-0.2, 0) is 10.8 Å². The minimum atomic E-state index is -5.00. The quantitative estimate of drug-likeness (QED) is 0.718. The van der Waals surface area contributed by atoms with Crippen molar-refractivity contribution in [1.82, 2.24) is 0 Å². The molecule has 0 aliphatic heterocycles. The van der Waals surface area contributed by atoms with Crippen molar-refractivity contribution < 1.29 is 26.5 Å². The van der Waals surface area contributed by atoms with E-state index < -0.39 is 33.3 Å². The summed E-state index contributed by atoms with van der Waals surface area (Å²) < 4.78 is 71.6. The molecular weight excluding hydrogens is 344 g/mol. The van der Waals surface area contributed by atoms with Crippen LogP contribution < -0.4 is 4.74 Å². The van der Waals surface area contributed by atoms with Crippen molar-refractivity contribution >= 4 is 16.4 Å². The molecule has 2 aromatic rings. The van der Waals surface area contributed by atoms with Crippen LogP contribution in [0.15, 0.2) is 58.6 Å². The van der Waals surface area contributed by atoms with Gasteiger partial charge in [-0.3, -0.25) is 0 Å². The second kappa shape index (κ2) is 7.17. The maximum Gasteiger partial charge on any atom is 0.420 e. The number of ether oxygens (including phenoxy) is 1. The van der Waals surface area contributed by atoms with Gasteiger partial charge in [0.25, 0.3) is 0 Å². The molecule has 2 nitrogen and oxygen atoms in total. The summed E-state index contributed by atoms with van der Waals surface area (Å²) in [6.07, 6.45) is -5.00. The van der Waals surface area contributed by atoms with Crippen LogP contribution in [0, 0.1) is 6.92 Å². The normalized spacial score (nSPS) is 14.1. The summed E-state index contributed by atoms with van der Waals surface area (Å²) in [7, 11) is -1.28. The maximum absolute atomic E-state index is 14.5. The molecule has 2 aromatic carbocycles. The molecule has 0 saturated carbocycles. The predicted molar refractivity (Wildman–Crippen MR) is 84.7 cm³/mol. The fraction of sp³-hybridized carbons (Fsp3) is 0.176. The van der Waals surface area contributed by atoms with E-state index in [9.17, 15) is 21.8 Å². The molecule has 0 heterocycles. The summed E-state index contributed by atoms with van der Waals surface area (Å²) in [5, 5.41) is -1.74. The number of aryl methyl sites for hydroxylation is 1. The van der Waals surface area contributed by atoms with Crippen LogP contribution in [0.25, 0.3) is 5.57 Å². The van der Waals surface area contributed by atoms with Gasteiger partial charge in [0.15, 0.2) is 0 Å². The van der Waals surface area contributed by atoms with Crippen LogP contribution in [0.1, 0.15) is 11.1 Å². The van der Waals surface area contributed by atoms with Crippen molar-refractivity contribution in [2.75, 3.05) is 7.11 Å². The van der Waals surface area contributed by atoms with Gasteiger partial charge in [-0.1, -0.05) is 29.8 Å². The molecule has 128 valence electrons. The molecule has 0 bridgehead atoms. The third kappa shape index (κ3) is 4.03. The summed E-state index contributed by atoms with van der Waals surface area (Å²) in [5.74, 6) is 0.142. The molecule has 0 spiro atoms. The molecule has 7 heteroatoms. The van der Waals surface area contributed by atoms with Crippen molar-refractivity contribution in [3.63, 3.8) is 0 Å². The van der Waals surface area contributed by atoms with E-state index in [4.69, 9.17) is 4.74 Å². The average Bonchev–Trinajstić information content (AvgIpc) is 2.54. The first kappa shape index (κ1) is 18.2. The zero-order valence-electron chi connectivity index (χ0n) is 12.9. The van der Waals surface area contributed by atoms with E-state index >= 15 is 0 Å². The summed E-state index contributed by atoms with van der Waals surface area (Å²) >= 11 is 0. The highest BCUT2D eigenvalue weighted by Crippen LogP contribution is 2.39. The Morgan fingerprint density at radius 3 is 2.25 bits per heavy atom. The molecule has 24 heavy (non-hydrogen) atoms. The number of allylic oxidation sites excluding steroid dienone is 1. The molecule has 0 fully saturated rings. The first-order valence-electron chi connectivity index (χ1n) is 6.84. The minimum Gasteiger partial charge on any atom is -0.497 e. The van der Waals surface area contributed by atoms with E-state index in [0.717, 1.165) is 17.7 Å². The van der Waals surface area contributed by atoms with Crippen molar-refractivity contribution in [1.29, 1.82) is 0 Å². The lowest BCUT2D eigenvalue weighted by atomic mass is 10.1. The van der Waals surface area contributed by atoms with Crippen LogP contribution in [-0.4, -0.2) is 17.5 Å². The van der Waals surface area contributed by atoms with E-state index in [2.05, 4.69) is 0 Å². The Hall–Kier alpha value is -2.15. The first-order chi connectivity index (χ1) is 11.2. The third-order valence-corrected chi connectivity index (χ3v) is 4.47. The number of alkyl halides is 3. The molecule has 2 rings (SSSR count). The Balaban J connectivity index is 2.58. The standard InChI is InChI=1S/C17H14F4O2S/c1-11-6-8-14(9-7-11)24(22)16(18)15(17(19,20)21)12-4-3-5-13(10-12)23-2/h3-10H,1-2H3/b16-15+. The Bertz CT molecular complexity index is 780. The van der Waals surface area contributed by atoms with Crippen LogP contribution >= 0.6 is 0 Å². The van der Waals surface area contributed by atoms with Gasteiger partial charge in [-0.05, 0) is 36.8 Å². The van der Waals surface area contributed by atoms with E-state index in [-0.39, 0.29) is 10.6 Å². The molecule has 0 N–H and O–H groups in total. The number of halogens is 4. The van der Waals surface area contributed by atoms with Crippen molar-refractivity contribution in [2.45, 2.75) is 18.0 Å². The number of benzene rings is 2.